The van der Waals surface area contributed by atoms with Crippen LogP contribution in [0.4, 0.5) is 20.4 Å². The minimum atomic E-state index is -1.43. The molecule has 0 fully saturated rings. The maximum absolute atomic E-state index is 13.7. The molecule has 20 heavy (non-hydrogen) atoms. The summed E-state index contributed by atoms with van der Waals surface area (Å²) in [4.78, 5) is 24.9. The quantitative estimate of drug-likeness (QED) is 0.655. The molecule has 2 aromatic rings. The molecule has 0 unspecified atom stereocenters. The van der Waals surface area contributed by atoms with Gasteiger partial charge in [-0.2, -0.15) is 9.37 Å². The lowest BCUT2D eigenvalue weighted by Crippen LogP contribution is -2.16. The fraction of sp³-hybridized carbons (Fsp3) is 0.100. The predicted octanol–water partition coefficient (Wildman–Crippen LogP) is 1.55. The number of amides is 1. The van der Waals surface area contributed by atoms with Crippen molar-refractivity contribution in [2.24, 2.45) is 0 Å². The first-order valence-electron chi connectivity index (χ1n) is 5.22. The van der Waals surface area contributed by atoms with Gasteiger partial charge >= 0.3 is 5.69 Å². The van der Waals surface area contributed by atoms with E-state index in [0.29, 0.717) is 18.0 Å². The monoisotopic (exact) mass is 283 g/mol. The first-order chi connectivity index (χ1) is 9.38. The van der Waals surface area contributed by atoms with Crippen LogP contribution in [0.1, 0.15) is 16.2 Å². The molecule has 1 heterocycles. The van der Waals surface area contributed by atoms with Gasteiger partial charge in [0.05, 0.1) is 16.6 Å². The molecule has 0 aliphatic carbocycles. The summed E-state index contributed by atoms with van der Waals surface area (Å²) >= 11 is 0. The van der Waals surface area contributed by atoms with E-state index in [4.69, 9.17) is 0 Å². The highest BCUT2D eigenvalue weighted by molar-refractivity contribution is 6.04. The standard InChI is InChI=1S/C10H7F2N5O3/c1-4-13-10(16-15-4)14-9(18)6-2-5(11)3-7(8(6)12)17(19)20/h2-3H,1H3,(H2,13,14,15,16,18). The van der Waals surface area contributed by atoms with Gasteiger partial charge < -0.3 is 0 Å². The summed E-state index contributed by atoms with van der Waals surface area (Å²) in [7, 11) is 0. The Labute approximate surface area is 110 Å². The van der Waals surface area contributed by atoms with E-state index in [9.17, 15) is 23.7 Å². The number of carbonyl (C=O) groups excluding carboxylic acids is 1. The second kappa shape index (κ2) is 4.99. The van der Waals surface area contributed by atoms with Crippen LogP contribution in [0.15, 0.2) is 12.1 Å². The number of aryl methyl sites for hydroxylation is 1. The first-order valence-corrected chi connectivity index (χ1v) is 5.22. The number of carbonyl (C=O) groups is 1. The van der Waals surface area contributed by atoms with E-state index in [2.05, 4.69) is 20.5 Å². The Morgan fingerprint density at radius 3 is 2.70 bits per heavy atom. The number of hydrogen-bond donors (Lipinski definition) is 2. The largest absolute Gasteiger partial charge is 0.308 e. The summed E-state index contributed by atoms with van der Waals surface area (Å²) in [5, 5.41) is 18.6. The number of halogens is 2. The zero-order valence-electron chi connectivity index (χ0n) is 9.98. The molecule has 8 nitrogen and oxygen atoms in total. The summed E-state index contributed by atoms with van der Waals surface area (Å²) < 4.78 is 26.9. The fourth-order valence-electron chi connectivity index (χ4n) is 1.44. The number of nitrogens with one attached hydrogen (secondary N) is 2. The third-order valence-electron chi connectivity index (χ3n) is 2.28. The Hall–Kier alpha value is -2.91. The summed E-state index contributed by atoms with van der Waals surface area (Å²) in [6.45, 7) is 1.57. The van der Waals surface area contributed by atoms with E-state index < -0.39 is 33.7 Å². The maximum Gasteiger partial charge on any atom is 0.308 e. The fourth-order valence-corrected chi connectivity index (χ4v) is 1.44. The van der Waals surface area contributed by atoms with Crippen molar-refractivity contribution in [3.8, 4) is 0 Å². The molecule has 0 spiro atoms. The Morgan fingerprint density at radius 2 is 2.15 bits per heavy atom. The van der Waals surface area contributed by atoms with Gasteiger partial charge in [-0.25, -0.2) is 4.39 Å². The van der Waals surface area contributed by atoms with Crippen molar-refractivity contribution >= 4 is 17.5 Å². The molecule has 0 saturated carbocycles. The molecular weight excluding hydrogens is 276 g/mol. The summed E-state index contributed by atoms with van der Waals surface area (Å²) in [5.41, 5.74) is -1.93. The molecule has 0 radical (unpaired) electrons. The molecule has 1 aromatic carbocycles. The highest BCUT2D eigenvalue weighted by Gasteiger charge is 2.24. The van der Waals surface area contributed by atoms with Crippen molar-refractivity contribution in [2.75, 3.05) is 5.32 Å². The molecule has 1 aromatic heterocycles. The number of aromatic nitrogens is 3. The van der Waals surface area contributed by atoms with Crippen molar-refractivity contribution in [1.82, 2.24) is 15.2 Å². The van der Waals surface area contributed by atoms with Gasteiger partial charge in [-0.05, 0) is 13.0 Å². The van der Waals surface area contributed by atoms with Crippen LogP contribution in [-0.2, 0) is 0 Å². The third-order valence-corrected chi connectivity index (χ3v) is 2.28. The van der Waals surface area contributed by atoms with Crippen molar-refractivity contribution in [3.63, 3.8) is 0 Å². The van der Waals surface area contributed by atoms with Gasteiger partial charge in [0.25, 0.3) is 5.91 Å². The van der Waals surface area contributed by atoms with Gasteiger partial charge in [-0.3, -0.25) is 25.3 Å². The molecule has 2 rings (SSSR count). The zero-order valence-corrected chi connectivity index (χ0v) is 9.98. The summed E-state index contributed by atoms with van der Waals surface area (Å²) in [6, 6.07) is 0.945. The molecule has 1 amide bonds. The van der Waals surface area contributed by atoms with E-state index in [1.807, 2.05) is 0 Å². The Balaban J connectivity index is 2.37. The van der Waals surface area contributed by atoms with Crippen molar-refractivity contribution < 1.29 is 18.5 Å². The Morgan fingerprint density at radius 1 is 1.45 bits per heavy atom. The van der Waals surface area contributed by atoms with Gasteiger partial charge in [0.1, 0.15) is 11.6 Å². The van der Waals surface area contributed by atoms with Crippen LogP contribution < -0.4 is 5.32 Å². The van der Waals surface area contributed by atoms with Gasteiger partial charge in [-0.15, -0.1) is 5.10 Å². The topological polar surface area (TPSA) is 114 Å². The molecule has 0 aliphatic heterocycles. The SMILES string of the molecule is Cc1nc(NC(=O)c2cc(F)cc([N+](=O)[O-])c2F)n[nH]1. The number of benzene rings is 1. The molecule has 0 saturated heterocycles. The Kier molecular flexibility index (Phi) is 3.37. The molecule has 10 heteroatoms. The number of anilines is 1. The van der Waals surface area contributed by atoms with Crippen LogP contribution in [0.3, 0.4) is 0 Å². The van der Waals surface area contributed by atoms with E-state index in [1.165, 1.54) is 0 Å². The highest BCUT2D eigenvalue weighted by atomic mass is 19.1. The summed E-state index contributed by atoms with van der Waals surface area (Å²) in [6.07, 6.45) is 0. The molecule has 2 N–H and O–H groups in total. The first kappa shape index (κ1) is 13.5. The van der Waals surface area contributed by atoms with Crippen molar-refractivity contribution in [1.29, 1.82) is 0 Å². The molecular formula is C10H7F2N5O3. The van der Waals surface area contributed by atoms with Gasteiger partial charge in [-0.1, -0.05) is 0 Å². The van der Waals surface area contributed by atoms with Crippen LogP contribution >= 0.6 is 0 Å². The maximum atomic E-state index is 13.7. The van der Waals surface area contributed by atoms with Crippen LogP contribution in [0.2, 0.25) is 0 Å². The lowest BCUT2D eigenvalue weighted by atomic mass is 10.1. The van der Waals surface area contributed by atoms with E-state index in [1.54, 1.807) is 6.92 Å². The third kappa shape index (κ3) is 2.58. The van der Waals surface area contributed by atoms with Gasteiger partial charge in [0.15, 0.2) is 0 Å². The van der Waals surface area contributed by atoms with Gasteiger partial charge in [0, 0.05) is 0 Å². The molecule has 0 atom stereocenters. The number of nitro groups is 1. The average molecular weight is 283 g/mol. The number of nitro benzene ring substituents is 1. The molecule has 0 aliphatic rings. The van der Waals surface area contributed by atoms with E-state index >= 15 is 0 Å². The minimum Gasteiger partial charge on any atom is -0.289 e. The smallest absolute Gasteiger partial charge is 0.289 e. The normalized spacial score (nSPS) is 10.3. The predicted molar refractivity (Wildman–Crippen MR) is 62.1 cm³/mol. The van der Waals surface area contributed by atoms with Crippen LogP contribution in [0.5, 0.6) is 0 Å². The number of nitrogens with zero attached hydrogens (tertiary/aromatic N) is 3. The number of H-pyrrole nitrogens is 1. The van der Waals surface area contributed by atoms with E-state index in [-0.39, 0.29) is 5.95 Å². The summed E-state index contributed by atoms with van der Waals surface area (Å²) in [5.74, 6) is -3.38. The Bertz CT molecular complexity index is 700. The number of hydrogen-bond acceptors (Lipinski definition) is 5. The number of rotatable bonds is 3. The lowest BCUT2D eigenvalue weighted by Gasteiger charge is -2.03. The highest BCUT2D eigenvalue weighted by Crippen LogP contribution is 2.22. The van der Waals surface area contributed by atoms with Crippen molar-refractivity contribution in [2.45, 2.75) is 6.92 Å². The van der Waals surface area contributed by atoms with Gasteiger partial charge in [0.2, 0.25) is 11.8 Å². The van der Waals surface area contributed by atoms with Crippen LogP contribution in [0, 0.1) is 28.7 Å². The van der Waals surface area contributed by atoms with E-state index in [0.717, 1.165) is 0 Å². The zero-order chi connectivity index (χ0) is 14.9. The van der Waals surface area contributed by atoms with Crippen molar-refractivity contribution in [3.05, 3.63) is 45.3 Å². The van der Waals surface area contributed by atoms with Crippen LogP contribution in [0.25, 0.3) is 0 Å². The van der Waals surface area contributed by atoms with Crippen LogP contribution in [-0.4, -0.2) is 26.0 Å². The number of aromatic amines is 1. The second-order valence-corrected chi connectivity index (χ2v) is 3.74. The molecule has 104 valence electrons. The molecule has 0 bridgehead atoms. The minimum absolute atomic E-state index is 0.154. The average Bonchev–Trinajstić information content (AvgIpc) is 2.76. The second-order valence-electron chi connectivity index (χ2n) is 3.74. The lowest BCUT2D eigenvalue weighted by molar-refractivity contribution is -0.387.